The molecule has 0 aliphatic rings. The molecule has 0 aliphatic heterocycles. The van der Waals surface area contributed by atoms with Crippen LogP contribution in [0.1, 0.15) is 23.7 Å². The van der Waals surface area contributed by atoms with Gasteiger partial charge in [0.15, 0.2) is 0 Å². The minimum Gasteiger partial charge on any atom is -0.495 e. The standard InChI is InChI=1S/C14H20N2O/c1-8-5-6-12(17-4)14-13(8)11(7-9(2)15)10(3)16-14/h5-6,9,16H,7,15H2,1-4H3. The van der Waals surface area contributed by atoms with E-state index in [1.165, 1.54) is 22.2 Å². The van der Waals surface area contributed by atoms with E-state index in [2.05, 4.69) is 24.9 Å². The van der Waals surface area contributed by atoms with Gasteiger partial charge in [-0.05, 0) is 44.4 Å². The highest BCUT2D eigenvalue weighted by Gasteiger charge is 2.14. The number of hydrogen-bond acceptors (Lipinski definition) is 2. The molecule has 1 unspecified atom stereocenters. The molecule has 3 nitrogen and oxygen atoms in total. The van der Waals surface area contributed by atoms with Crippen LogP contribution in [-0.2, 0) is 6.42 Å². The summed E-state index contributed by atoms with van der Waals surface area (Å²) in [5.74, 6) is 0.893. The maximum atomic E-state index is 5.92. The first-order valence-corrected chi connectivity index (χ1v) is 5.95. The van der Waals surface area contributed by atoms with Crippen molar-refractivity contribution in [3.63, 3.8) is 0 Å². The van der Waals surface area contributed by atoms with Crippen molar-refractivity contribution in [2.45, 2.75) is 33.2 Å². The fraction of sp³-hybridized carbons (Fsp3) is 0.429. The van der Waals surface area contributed by atoms with Gasteiger partial charge in [0.25, 0.3) is 0 Å². The molecular formula is C14H20N2O. The van der Waals surface area contributed by atoms with E-state index in [-0.39, 0.29) is 6.04 Å². The van der Waals surface area contributed by atoms with E-state index in [0.717, 1.165) is 17.7 Å². The molecule has 0 radical (unpaired) electrons. The number of H-pyrrole nitrogens is 1. The fourth-order valence-electron chi connectivity index (χ4n) is 2.40. The maximum Gasteiger partial charge on any atom is 0.142 e. The van der Waals surface area contributed by atoms with Crippen LogP contribution in [0.4, 0.5) is 0 Å². The summed E-state index contributed by atoms with van der Waals surface area (Å²) in [6, 6.07) is 4.26. The van der Waals surface area contributed by atoms with E-state index in [1.54, 1.807) is 7.11 Å². The average molecular weight is 232 g/mol. The number of nitrogens with two attached hydrogens (primary N) is 1. The number of rotatable bonds is 3. The zero-order valence-corrected chi connectivity index (χ0v) is 10.9. The van der Waals surface area contributed by atoms with Crippen molar-refractivity contribution in [1.82, 2.24) is 4.98 Å². The van der Waals surface area contributed by atoms with Crippen LogP contribution in [0.5, 0.6) is 5.75 Å². The summed E-state index contributed by atoms with van der Waals surface area (Å²) < 4.78 is 5.39. The van der Waals surface area contributed by atoms with Crippen molar-refractivity contribution in [2.24, 2.45) is 5.73 Å². The van der Waals surface area contributed by atoms with E-state index >= 15 is 0 Å². The Morgan fingerprint density at radius 1 is 1.35 bits per heavy atom. The molecule has 2 aromatic rings. The Morgan fingerprint density at radius 2 is 2.06 bits per heavy atom. The number of aromatic amines is 1. The monoisotopic (exact) mass is 232 g/mol. The van der Waals surface area contributed by atoms with Crippen LogP contribution >= 0.6 is 0 Å². The molecule has 0 saturated carbocycles. The summed E-state index contributed by atoms with van der Waals surface area (Å²) in [6.07, 6.45) is 0.889. The third-order valence-corrected chi connectivity index (χ3v) is 3.19. The summed E-state index contributed by atoms with van der Waals surface area (Å²) in [7, 11) is 1.70. The SMILES string of the molecule is COc1ccc(C)c2c(CC(C)N)c(C)[nH]c12. The number of hydrogen-bond donors (Lipinski definition) is 2. The lowest BCUT2D eigenvalue weighted by Gasteiger charge is -2.08. The molecule has 0 bridgehead atoms. The van der Waals surface area contributed by atoms with Crippen molar-refractivity contribution in [2.75, 3.05) is 7.11 Å². The molecule has 0 aliphatic carbocycles. The van der Waals surface area contributed by atoms with E-state index in [0.29, 0.717) is 0 Å². The lowest BCUT2D eigenvalue weighted by Crippen LogP contribution is -2.18. The lowest BCUT2D eigenvalue weighted by molar-refractivity contribution is 0.419. The van der Waals surface area contributed by atoms with Crippen LogP contribution in [0.3, 0.4) is 0 Å². The zero-order chi connectivity index (χ0) is 12.6. The van der Waals surface area contributed by atoms with Gasteiger partial charge in [0.05, 0.1) is 12.6 Å². The first-order chi connectivity index (χ1) is 8.04. The number of methoxy groups -OCH3 is 1. The van der Waals surface area contributed by atoms with Crippen molar-refractivity contribution in [1.29, 1.82) is 0 Å². The predicted octanol–water partition coefficient (Wildman–Crippen LogP) is 2.68. The number of nitrogens with one attached hydrogen (secondary N) is 1. The lowest BCUT2D eigenvalue weighted by atomic mass is 10.0. The molecule has 3 heteroatoms. The second-order valence-corrected chi connectivity index (χ2v) is 4.74. The molecule has 0 fully saturated rings. The van der Waals surface area contributed by atoms with Gasteiger partial charge in [-0.1, -0.05) is 6.07 Å². The Bertz CT molecular complexity index is 541. The van der Waals surface area contributed by atoms with E-state index < -0.39 is 0 Å². The third-order valence-electron chi connectivity index (χ3n) is 3.19. The Labute approximate surface area is 102 Å². The largest absolute Gasteiger partial charge is 0.495 e. The van der Waals surface area contributed by atoms with E-state index in [4.69, 9.17) is 10.5 Å². The van der Waals surface area contributed by atoms with E-state index in [9.17, 15) is 0 Å². The molecule has 92 valence electrons. The summed E-state index contributed by atoms with van der Waals surface area (Å²) in [6.45, 7) is 6.25. The minimum atomic E-state index is 0.165. The second kappa shape index (κ2) is 4.41. The quantitative estimate of drug-likeness (QED) is 0.854. The van der Waals surface area contributed by atoms with Crippen LogP contribution in [0.2, 0.25) is 0 Å². The van der Waals surface area contributed by atoms with Crippen LogP contribution in [0, 0.1) is 13.8 Å². The molecule has 1 aromatic carbocycles. The van der Waals surface area contributed by atoms with Gasteiger partial charge in [-0.2, -0.15) is 0 Å². The third kappa shape index (κ3) is 2.03. The Hall–Kier alpha value is -1.48. The predicted molar refractivity (Wildman–Crippen MR) is 71.7 cm³/mol. The zero-order valence-electron chi connectivity index (χ0n) is 10.9. The van der Waals surface area contributed by atoms with Crippen molar-refractivity contribution in [3.8, 4) is 5.75 Å². The van der Waals surface area contributed by atoms with Crippen LogP contribution in [-0.4, -0.2) is 18.1 Å². The summed E-state index contributed by atoms with van der Waals surface area (Å²) >= 11 is 0. The number of aromatic nitrogens is 1. The number of ether oxygens (including phenoxy) is 1. The second-order valence-electron chi connectivity index (χ2n) is 4.74. The van der Waals surface area contributed by atoms with Gasteiger partial charge in [-0.3, -0.25) is 0 Å². The summed E-state index contributed by atoms with van der Waals surface area (Å²) in [5.41, 5.74) is 10.8. The number of benzene rings is 1. The van der Waals surface area contributed by atoms with Gasteiger partial charge in [0.2, 0.25) is 0 Å². The van der Waals surface area contributed by atoms with Crippen LogP contribution in [0.25, 0.3) is 10.9 Å². The topological polar surface area (TPSA) is 51.0 Å². The molecular weight excluding hydrogens is 212 g/mol. The van der Waals surface area contributed by atoms with Gasteiger partial charge in [0, 0.05) is 17.1 Å². The first kappa shape index (κ1) is 12.0. The smallest absolute Gasteiger partial charge is 0.142 e. The molecule has 3 N–H and O–H groups in total. The summed E-state index contributed by atoms with van der Waals surface area (Å²) in [5, 5.41) is 1.26. The summed E-state index contributed by atoms with van der Waals surface area (Å²) in [4.78, 5) is 3.41. The highest BCUT2D eigenvalue weighted by molar-refractivity contribution is 5.92. The van der Waals surface area contributed by atoms with E-state index in [1.807, 2.05) is 13.0 Å². The Morgan fingerprint density at radius 3 is 2.65 bits per heavy atom. The van der Waals surface area contributed by atoms with Gasteiger partial charge < -0.3 is 15.5 Å². The minimum absolute atomic E-state index is 0.165. The van der Waals surface area contributed by atoms with Crippen molar-refractivity contribution >= 4 is 10.9 Å². The normalized spacial score (nSPS) is 13.0. The van der Waals surface area contributed by atoms with Crippen molar-refractivity contribution in [3.05, 3.63) is 29.0 Å². The van der Waals surface area contributed by atoms with Crippen LogP contribution in [0.15, 0.2) is 12.1 Å². The first-order valence-electron chi connectivity index (χ1n) is 5.95. The average Bonchev–Trinajstić information content (AvgIpc) is 2.57. The molecule has 17 heavy (non-hydrogen) atoms. The molecule has 0 amide bonds. The molecule has 1 atom stereocenters. The molecule has 2 rings (SSSR count). The molecule has 1 heterocycles. The highest BCUT2D eigenvalue weighted by atomic mass is 16.5. The molecule has 1 aromatic heterocycles. The molecule has 0 saturated heterocycles. The Kier molecular flexibility index (Phi) is 3.11. The highest BCUT2D eigenvalue weighted by Crippen LogP contribution is 2.32. The van der Waals surface area contributed by atoms with Gasteiger partial charge in [-0.25, -0.2) is 0 Å². The fourth-order valence-corrected chi connectivity index (χ4v) is 2.40. The molecule has 0 spiro atoms. The van der Waals surface area contributed by atoms with Gasteiger partial charge in [-0.15, -0.1) is 0 Å². The Balaban J connectivity index is 2.71. The maximum absolute atomic E-state index is 5.92. The van der Waals surface area contributed by atoms with Gasteiger partial charge in [0.1, 0.15) is 5.75 Å². The number of fused-ring (bicyclic) bond motifs is 1. The number of aryl methyl sites for hydroxylation is 2. The van der Waals surface area contributed by atoms with Gasteiger partial charge >= 0.3 is 0 Å². The van der Waals surface area contributed by atoms with Crippen LogP contribution < -0.4 is 10.5 Å². The van der Waals surface area contributed by atoms with Crippen molar-refractivity contribution < 1.29 is 4.74 Å².